The van der Waals surface area contributed by atoms with E-state index in [1.807, 2.05) is 24.3 Å². The molecule has 0 spiro atoms. The zero-order valence-corrected chi connectivity index (χ0v) is 17.2. The summed E-state index contributed by atoms with van der Waals surface area (Å²) in [6, 6.07) is 21.2. The first-order valence-electron chi connectivity index (χ1n) is 9.34. The zero-order chi connectivity index (χ0) is 20.2. The van der Waals surface area contributed by atoms with E-state index in [2.05, 4.69) is 45.5 Å². The van der Waals surface area contributed by atoms with Gasteiger partial charge in [0.15, 0.2) is 0 Å². The molecule has 0 aromatic heterocycles. The number of halogens is 2. The number of alkyl carbamates (subject to hydrolysis) is 1. The van der Waals surface area contributed by atoms with Crippen molar-refractivity contribution in [2.45, 2.75) is 5.92 Å². The largest absolute Gasteiger partial charge is 0.449 e. The smallest absolute Gasteiger partial charge is 0.407 e. The molecule has 146 valence electrons. The van der Waals surface area contributed by atoms with E-state index >= 15 is 0 Å². The molecule has 1 aliphatic rings. The number of amides is 1. The Balaban J connectivity index is 1.34. The summed E-state index contributed by atoms with van der Waals surface area (Å²) in [7, 11) is 0. The molecule has 0 atom stereocenters. The van der Waals surface area contributed by atoms with Gasteiger partial charge in [-0.3, -0.25) is 0 Å². The van der Waals surface area contributed by atoms with Crippen LogP contribution in [0.4, 0.5) is 9.18 Å². The third kappa shape index (κ3) is 4.10. The summed E-state index contributed by atoms with van der Waals surface area (Å²) in [6.45, 7) is 0.568. The van der Waals surface area contributed by atoms with Gasteiger partial charge in [-0.1, -0.05) is 72.8 Å². The molecule has 3 aromatic carbocycles. The highest BCUT2D eigenvalue weighted by Crippen LogP contribution is 2.44. The van der Waals surface area contributed by atoms with Gasteiger partial charge in [-0.25, -0.2) is 9.18 Å². The SMILES string of the molecule is O=C(NCC=Cc1cccc(F)c1Br)OCC1c2ccccc2-c2ccccc21. The summed E-state index contributed by atoms with van der Waals surface area (Å²) in [5, 5.41) is 2.70. The van der Waals surface area contributed by atoms with Crippen LogP contribution >= 0.6 is 15.9 Å². The molecule has 0 aliphatic heterocycles. The molecule has 0 bridgehead atoms. The highest BCUT2D eigenvalue weighted by Gasteiger charge is 2.28. The Morgan fingerprint density at radius 3 is 2.34 bits per heavy atom. The number of rotatable bonds is 5. The van der Waals surface area contributed by atoms with Crippen LogP contribution < -0.4 is 5.32 Å². The molecule has 3 nitrogen and oxygen atoms in total. The number of carbonyl (C=O) groups excluding carboxylic acids is 1. The second-order valence-corrected chi connectivity index (χ2v) is 7.54. The van der Waals surface area contributed by atoms with E-state index in [1.165, 1.54) is 28.3 Å². The van der Waals surface area contributed by atoms with Gasteiger partial charge in [0, 0.05) is 12.5 Å². The van der Waals surface area contributed by atoms with Crippen LogP contribution in [-0.2, 0) is 4.74 Å². The number of ether oxygens (including phenoxy) is 1. The normalized spacial score (nSPS) is 12.6. The van der Waals surface area contributed by atoms with Gasteiger partial charge in [0.1, 0.15) is 12.4 Å². The van der Waals surface area contributed by atoms with E-state index in [0.717, 1.165) is 0 Å². The van der Waals surface area contributed by atoms with Gasteiger partial charge in [0.05, 0.1) is 4.47 Å². The minimum absolute atomic E-state index is 0.0342. The van der Waals surface area contributed by atoms with Gasteiger partial charge < -0.3 is 10.1 Å². The van der Waals surface area contributed by atoms with Crippen molar-refractivity contribution >= 4 is 28.1 Å². The molecule has 4 rings (SSSR count). The van der Waals surface area contributed by atoms with Crippen LogP contribution in [0, 0.1) is 5.82 Å². The van der Waals surface area contributed by atoms with E-state index in [-0.39, 0.29) is 18.3 Å². The Bertz CT molecular complexity index is 1030. The molecule has 0 saturated heterocycles. The van der Waals surface area contributed by atoms with E-state index in [0.29, 0.717) is 16.6 Å². The third-order valence-electron chi connectivity index (χ3n) is 4.99. The predicted molar refractivity (Wildman–Crippen MR) is 116 cm³/mol. The van der Waals surface area contributed by atoms with Crippen LogP contribution in [0.25, 0.3) is 17.2 Å². The summed E-state index contributed by atoms with van der Waals surface area (Å²) in [4.78, 5) is 12.1. The fraction of sp³-hybridized carbons (Fsp3) is 0.125. The van der Waals surface area contributed by atoms with E-state index in [9.17, 15) is 9.18 Å². The van der Waals surface area contributed by atoms with Crippen LogP contribution in [0.5, 0.6) is 0 Å². The fourth-order valence-corrected chi connectivity index (χ4v) is 4.02. The molecule has 0 unspecified atom stereocenters. The monoisotopic (exact) mass is 451 g/mol. The molecule has 0 saturated carbocycles. The van der Waals surface area contributed by atoms with Gasteiger partial charge in [-0.15, -0.1) is 0 Å². The van der Waals surface area contributed by atoms with E-state index < -0.39 is 6.09 Å². The van der Waals surface area contributed by atoms with Crippen molar-refractivity contribution in [3.63, 3.8) is 0 Å². The van der Waals surface area contributed by atoms with Crippen molar-refractivity contribution in [1.29, 1.82) is 0 Å². The van der Waals surface area contributed by atoms with Crippen LogP contribution in [0.15, 0.2) is 77.3 Å². The van der Waals surface area contributed by atoms with Crippen LogP contribution in [-0.4, -0.2) is 19.2 Å². The van der Waals surface area contributed by atoms with Gasteiger partial charge in [-0.05, 0) is 49.8 Å². The minimum Gasteiger partial charge on any atom is -0.449 e. The van der Waals surface area contributed by atoms with Crippen molar-refractivity contribution in [2.24, 2.45) is 0 Å². The maximum Gasteiger partial charge on any atom is 0.407 e. The Morgan fingerprint density at radius 1 is 1.00 bits per heavy atom. The molecule has 1 aliphatic carbocycles. The summed E-state index contributed by atoms with van der Waals surface area (Å²) < 4.78 is 19.4. The molecule has 0 radical (unpaired) electrons. The summed E-state index contributed by atoms with van der Waals surface area (Å²) in [5.41, 5.74) is 5.45. The van der Waals surface area contributed by atoms with Crippen LogP contribution in [0.1, 0.15) is 22.6 Å². The number of carbonyl (C=O) groups is 1. The molecular formula is C24H19BrFNO2. The zero-order valence-electron chi connectivity index (χ0n) is 15.6. The maximum absolute atomic E-state index is 13.5. The first-order chi connectivity index (χ1) is 14.1. The Labute approximate surface area is 177 Å². The van der Waals surface area contributed by atoms with Gasteiger partial charge in [0.25, 0.3) is 0 Å². The molecular weight excluding hydrogens is 433 g/mol. The maximum atomic E-state index is 13.5. The second-order valence-electron chi connectivity index (χ2n) is 6.75. The van der Waals surface area contributed by atoms with Gasteiger partial charge in [0.2, 0.25) is 0 Å². The van der Waals surface area contributed by atoms with E-state index in [1.54, 1.807) is 24.3 Å². The summed E-state index contributed by atoms with van der Waals surface area (Å²) in [6.07, 6.45) is 3.02. The highest BCUT2D eigenvalue weighted by molar-refractivity contribution is 9.10. The fourth-order valence-electron chi connectivity index (χ4n) is 3.63. The predicted octanol–water partition coefficient (Wildman–Crippen LogP) is 6.14. The average molecular weight is 452 g/mol. The Morgan fingerprint density at radius 2 is 1.66 bits per heavy atom. The van der Waals surface area contributed by atoms with E-state index in [4.69, 9.17) is 4.74 Å². The lowest BCUT2D eigenvalue weighted by atomic mass is 9.98. The number of nitrogens with one attached hydrogen (secondary N) is 1. The number of benzene rings is 3. The lowest BCUT2D eigenvalue weighted by molar-refractivity contribution is 0.144. The lowest BCUT2D eigenvalue weighted by Gasteiger charge is -2.14. The van der Waals surface area contributed by atoms with Crippen molar-refractivity contribution in [1.82, 2.24) is 5.32 Å². The Hall–Kier alpha value is -2.92. The summed E-state index contributed by atoms with van der Waals surface area (Å²) >= 11 is 3.21. The first-order valence-corrected chi connectivity index (χ1v) is 10.1. The van der Waals surface area contributed by atoms with Crippen molar-refractivity contribution in [2.75, 3.05) is 13.2 Å². The first kappa shape index (κ1) is 19.4. The topological polar surface area (TPSA) is 38.3 Å². The standard InChI is InChI=1S/C24H19BrFNO2/c25-23-16(7-5-13-22(23)26)8-6-14-27-24(28)29-15-21-19-11-3-1-9-17(19)18-10-2-4-12-20(18)21/h1-13,21H,14-15H2,(H,27,28). The Kier molecular flexibility index (Phi) is 5.76. The average Bonchev–Trinajstić information content (AvgIpc) is 3.06. The van der Waals surface area contributed by atoms with Crippen LogP contribution in [0.3, 0.4) is 0 Å². The van der Waals surface area contributed by atoms with Crippen LogP contribution in [0.2, 0.25) is 0 Å². The quantitative estimate of drug-likeness (QED) is 0.505. The van der Waals surface area contributed by atoms with Gasteiger partial charge >= 0.3 is 6.09 Å². The lowest BCUT2D eigenvalue weighted by Crippen LogP contribution is -2.26. The molecule has 0 heterocycles. The molecule has 3 aromatic rings. The van der Waals surface area contributed by atoms with Gasteiger partial charge in [-0.2, -0.15) is 0 Å². The van der Waals surface area contributed by atoms with Crippen molar-refractivity contribution in [3.05, 3.63) is 99.8 Å². The summed E-state index contributed by atoms with van der Waals surface area (Å²) in [5.74, 6) is -0.288. The molecule has 5 heteroatoms. The third-order valence-corrected chi connectivity index (χ3v) is 5.82. The number of hydrogen-bond donors (Lipinski definition) is 1. The number of fused-ring (bicyclic) bond motifs is 3. The molecule has 1 amide bonds. The molecule has 1 N–H and O–H groups in total. The number of hydrogen-bond acceptors (Lipinski definition) is 2. The minimum atomic E-state index is -0.477. The van der Waals surface area contributed by atoms with Crippen molar-refractivity contribution in [3.8, 4) is 11.1 Å². The van der Waals surface area contributed by atoms with Crippen molar-refractivity contribution < 1.29 is 13.9 Å². The molecule has 0 fully saturated rings. The second kappa shape index (κ2) is 8.62. The molecule has 29 heavy (non-hydrogen) atoms. The highest BCUT2D eigenvalue weighted by atomic mass is 79.9.